The van der Waals surface area contributed by atoms with Gasteiger partial charge in [0.25, 0.3) is 0 Å². The summed E-state index contributed by atoms with van der Waals surface area (Å²) in [5, 5.41) is 8.29. The summed E-state index contributed by atoms with van der Waals surface area (Å²) in [5.74, 6) is 1.62. The predicted octanol–water partition coefficient (Wildman–Crippen LogP) is 3.38. The van der Waals surface area contributed by atoms with Gasteiger partial charge in [0.05, 0.1) is 4.47 Å². The molecule has 0 amide bonds. The number of nitrogens with zero attached hydrogens (tertiary/aromatic N) is 3. The molecule has 0 spiro atoms. The van der Waals surface area contributed by atoms with E-state index in [4.69, 9.17) is 4.74 Å². The van der Waals surface area contributed by atoms with Crippen LogP contribution in [-0.2, 0) is 6.61 Å². The first-order valence-electron chi connectivity index (χ1n) is 5.91. The summed E-state index contributed by atoms with van der Waals surface area (Å²) in [4.78, 5) is 0. The van der Waals surface area contributed by atoms with E-state index in [1.807, 2.05) is 53.9 Å². The largest absolute Gasteiger partial charge is 0.486 e. The second-order valence-electron chi connectivity index (χ2n) is 4.27. The third-order valence-corrected chi connectivity index (χ3v) is 3.43. The standard InChI is InChI=1S/C14H12BrN3O/c1-10-4-2-5-11(8-10)19-9-13-16-17-14-12(15)6-3-7-18(13)14/h2-8H,9H2,1H3. The lowest BCUT2D eigenvalue weighted by molar-refractivity contribution is 0.294. The fraction of sp³-hybridized carbons (Fsp3) is 0.143. The third kappa shape index (κ3) is 2.46. The van der Waals surface area contributed by atoms with E-state index in [1.165, 1.54) is 5.56 Å². The molecular weight excluding hydrogens is 306 g/mol. The van der Waals surface area contributed by atoms with E-state index in [1.54, 1.807) is 0 Å². The summed E-state index contributed by atoms with van der Waals surface area (Å²) in [6, 6.07) is 11.8. The average Bonchev–Trinajstić information content (AvgIpc) is 2.81. The minimum absolute atomic E-state index is 0.390. The van der Waals surface area contributed by atoms with Gasteiger partial charge in [0, 0.05) is 6.20 Å². The molecule has 5 heteroatoms. The minimum Gasteiger partial charge on any atom is -0.486 e. The highest BCUT2D eigenvalue weighted by molar-refractivity contribution is 9.10. The highest BCUT2D eigenvalue weighted by Gasteiger charge is 2.08. The van der Waals surface area contributed by atoms with Gasteiger partial charge in [-0.1, -0.05) is 12.1 Å². The average molecular weight is 318 g/mol. The fourth-order valence-corrected chi connectivity index (χ4v) is 2.31. The van der Waals surface area contributed by atoms with Crippen LogP contribution < -0.4 is 4.74 Å². The van der Waals surface area contributed by atoms with Crippen molar-refractivity contribution in [1.82, 2.24) is 14.6 Å². The van der Waals surface area contributed by atoms with E-state index in [2.05, 4.69) is 26.1 Å². The quantitative estimate of drug-likeness (QED) is 0.743. The summed E-state index contributed by atoms with van der Waals surface area (Å²) in [5.41, 5.74) is 1.97. The normalized spacial score (nSPS) is 10.8. The van der Waals surface area contributed by atoms with Crippen molar-refractivity contribution < 1.29 is 4.74 Å². The summed E-state index contributed by atoms with van der Waals surface area (Å²) < 4.78 is 8.58. The number of hydrogen-bond donors (Lipinski definition) is 0. The van der Waals surface area contributed by atoms with Crippen LogP contribution in [0.4, 0.5) is 0 Å². The third-order valence-electron chi connectivity index (χ3n) is 2.82. The van der Waals surface area contributed by atoms with E-state index in [0.717, 1.165) is 21.7 Å². The maximum atomic E-state index is 5.74. The number of aromatic nitrogens is 3. The molecule has 2 heterocycles. The van der Waals surface area contributed by atoms with Crippen molar-refractivity contribution in [3.63, 3.8) is 0 Å². The molecule has 2 aromatic heterocycles. The van der Waals surface area contributed by atoms with Gasteiger partial charge in [0.1, 0.15) is 12.4 Å². The Morgan fingerprint density at radius 2 is 2.11 bits per heavy atom. The van der Waals surface area contributed by atoms with Gasteiger partial charge in [-0.25, -0.2) is 0 Å². The van der Waals surface area contributed by atoms with Gasteiger partial charge < -0.3 is 4.74 Å². The van der Waals surface area contributed by atoms with E-state index >= 15 is 0 Å². The van der Waals surface area contributed by atoms with E-state index in [9.17, 15) is 0 Å². The zero-order chi connectivity index (χ0) is 13.2. The molecule has 1 aromatic carbocycles. The Labute approximate surface area is 119 Å². The number of ether oxygens (including phenoxy) is 1. The van der Waals surface area contributed by atoms with Crippen molar-refractivity contribution in [3.8, 4) is 5.75 Å². The minimum atomic E-state index is 0.390. The molecule has 0 bridgehead atoms. The SMILES string of the molecule is Cc1cccc(OCc2nnc3c(Br)cccn23)c1. The van der Waals surface area contributed by atoms with Crippen LogP contribution in [-0.4, -0.2) is 14.6 Å². The Morgan fingerprint density at radius 3 is 2.95 bits per heavy atom. The summed E-state index contributed by atoms with van der Waals surface area (Å²) in [7, 11) is 0. The van der Waals surface area contributed by atoms with Crippen LogP contribution in [0.5, 0.6) is 5.75 Å². The first-order valence-corrected chi connectivity index (χ1v) is 6.71. The van der Waals surface area contributed by atoms with Crippen LogP contribution in [0.25, 0.3) is 5.65 Å². The number of halogens is 1. The molecule has 19 heavy (non-hydrogen) atoms. The Morgan fingerprint density at radius 1 is 1.21 bits per heavy atom. The van der Waals surface area contributed by atoms with Gasteiger partial charge in [0.15, 0.2) is 11.5 Å². The number of benzene rings is 1. The van der Waals surface area contributed by atoms with E-state index < -0.39 is 0 Å². The molecular formula is C14H12BrN3O. The van der Waals surface area contributed by atoms with Crippen LogP contribution in [0.1, 0.15) is 11.4 Å². The first-order chi connectivity index (χ1) is 9.24. The number of rotatable bonds is 3. The molecule has 0 saturated heterocycles. The zero-order valence-corrected chi connectivity index (χ0v) is 12.0. The Bertz CT molecular complexity index is 724. The molecule has 0 unspecified atom stereocenters. The molecule has 0 N–H and O–H groups in total. The molecule has 0 atom stereocenters. The summed E-state index contributed by atoms with van der Waals surface area (Å²) in [6.45, 7) is 2.43. The molecule has 3 rings (SSSR count). The van der Waals surface area contributed by atoms with Gasteiger partial charge in [-0.3, -0.25) is 4.40 Å². The molecule has 3 aromatic rings. The highest BCUT2D eigenvalue weighted by Crippen LogP contribution is 2.18. The maximum absolute atomic E-state index is 5.74. The second-order valence-corrected chi connectivity index (χ2v) is 5.13. The first kappa shape index (κ1) is 12.2. The topological polar surface area (TPSA) is 39.4 Å². The predicted molar refractivity (Wildman–Crippen MR) is 76.2 cm³/mol. The van der Waals surface area contributed by atoms with E-state index in [-0.39, 0.29) is 0 Å². The number of pyridine rings is 1. The molecule has 0 aliphatic rings. The number of hydrogen-bond acceptors (Lipinski definition) is 3. The monoisotopic (exact) mass is 317 g/mol. The lowest BCUT2D eigenvalue weighted by atomic mass is 10.2. The molecule has 0 aliphatic heterocycles. The van der Waals surface area contributed by atoms with Crippen LogP contribution in [0.15, 0.2) is 47.1 Å². The van der Waals surface area contributed by atoms with Crippen molar-refractivity contribution in [2.24, 2.45) is 0 Å². The summed E-state index contributed by atoms with van der Waals surface area (Å²) >= 11 is 3.45. The van der Waals surface area contributed by atoms with Crippen LogP contribution in [0, 0.1) is 6.92 Å². The van der Waals surface area contributed by atoms with Crippen molar-refractivity contribution >= 4 is 21.6 Å². The van der Waals surface area contributed by atoms with E-state index in [0.29, 0.717) is 6.61 Å². The number of aryl methyl sites for hydroxylation is 1. The van der Waals surface area contributed by atoms with Crippen LogP contribution >= 0.6 is 15.9 Å². The summed E-state index contributed by atoms with van der Waals surface area (Å²) in [6.07, 6.45) is 1.93. The Kier molecular flexibility index (Phi) is 3.21. The molecule has 96 valence electrons. The van der Waals surface area contributed by atoms with Gasteiger partial charge >= 0.3 is 0 Å². The molecule has 0 fully saturated rings. The van der Waals surface area contributed by atoms with Crippen molar-refractivity contribution in [1.29, 1.82) is 0 Å². The molecule has 0 radical (unpaired) electrons. The Hall–Kier alpha value is -1.88. The molecule has 4 nitrogen and oxygen atoms in total. The van der Waals surface area contributed by atoms with Crippen LogP contribution in [0.2, 0.25) is 0 Å². The molecule has 0 aliphatic carbocycles. The lowest BCUT2D eigenvalue weighted by Gasteiger charge is -2.05. The second kappa shape index (κ2) is 5.01. The van der Waals surface area contributed by atoms with Gasteiger partial charge in [-0.05, 0) is 52.7 Å². The van der Waals surface area contributed by atoms with Gasteiger partial charge in [0.2, 0.25) is 0 Å². The highest BCUT2D eigenvalue weighted by atomic mass is 79.9. The van der Waals surface area contributed by atoms with Crippen LogP contribution in [0.3, 0.4) is 0 Å². The fourth-order valence-electron chi connectivity index (χ4n) is 1.88. The molecule has 0 saturated carbocycles. The van der Waals surface area contributed by atoms with Gasteiger partial charge in [-0.15, -0.1) is 10.2 Å². The zero-order valence-electron chi connectivity index (χ0n) is 10.4. The van der Waals surface area contributed by atoms with Crippen molar-refractivity contribution in [2.45, 2.75) is 13.5 Å². The van der Waals surface area contributed by atoms with Crippen molar-refractivity contribution in [3.05, 3.63) is 58.5 Å². The Balaban J connectivity index is 1.84. The van der Waals surface area contributed by atoms with Crippen molar-refractivity contribution in [2.75, 3.05) is 0 Å². The van der Waals surface area contributed by atoms with Gasteiger partial charge in [-0.2, -0.15) is 0 Å². The maximum Gasteiger partial charge on any atom is 0.175 e. The smallest absolute Gasteiger partial charge is 0.175 e. The lowest BCUT2D eigenvalue weighted by Crippen LogP contribution is -2.01. The number of fused-ring (bicyclic) bond motifs is 1.